The molecule has 0 radical (unpaired) electrons. The summed E-state index contributed by atoms with van der Waals surface area (Å²) in [6, 6.07) is 9.04. The molecule has 0 atom stereocenters. The second-order valence-corrected chi connectivity index (χ2v) is 5.77. The Kier molecular flexibility index (Phi) is 5.40. The maximum Gasteiger partial charge on any atom is 0.0233 e. The molecule has 1 fully saturated rings. The Morgan fingerprint density at radius 3 is 2.12 bits per heavy atom. The molecule has 1 aromatic carbocycles. The molecule has 0 aromatic heterocycles. The highest BCUT2D eigenvalue weighted by Gasteiger charge is 2.08. The second-order valence-electron chi connectivity index (χ2n) is 4.89. The summed E-state index contributed by atoms with van der Waals surface area (Å²) in [7, 11) is 0. The van der Waals surface area contributed by atoms with Crippen LogP contribution in [-0.4, -0.2) is 24.2 Å². The lowest BCUT2D eigenvalue weighted by Crippen LogP contribution is -2.26. The van der Waals surface area contributed by atoms with Crippen LogP contribution in [0.15, 0.2) is 29.2 Å². The zero-order chi connectivity index (χ0) is 11.9. The summed E-state index contributed by atoms with van der Waals surface area (Å²) in [6.45, 7) is 3.70. The number of rotatable bonds is 3. The highest BCUT2D eigenvalue weighted by Crippen LogP contribution is 2.17. The second kappa shape index (κ2) is 7.07. The highest BCUT2D eigenvalue weighted by atomic mass is 32.2. The van der Waals surface area contributed by atoms with Gasteiger partial charge in [0.05, 0.1) is 0 Å². The molecule has 1 aromatic rings. The van der Waals surface area contributed by atoms with Crippen LogP contribution in [0.5, 0.6) is 0 Å². The van der Waals surface area contributed by atoms with Crippen molar-refractivity contribution in [1.29, 1.82) is 0 Å². The van der Waals surface area contributed by atoms with Gasteiger partial charge in [0, 0.05) is 11.4 Å². The predicted molar refractivity (Wildman–Crippen MR) is 76.6 cm³/mol. The number of thioether (sulfide) groups is 1. The zero-order valence-corrected chi connectivity index (χ0v) is 11.6. The molecule has 94 valence electrons. The smallest absolute Gasteiger partial charge is 0.0233 e. The van der Waals surface area contributed by atoms with Crippen molar-refractivity contribution in [3.8, 4) is 0 Å². The van der Waals surface area contributed by atoms with E-state index in [2.05, 4.69) is 35.4 Å². The summed E-state index contributed by atoms with van der Waals surface area (Å²) in [5.41, 5.74) is 1.46. The maximum atomic E-state index is 2.62. The van der Waals surface area contributed by atoms with Gasteiger partial charge in [-0.3, -0.25) is 4.90 Å². The van der Waals surface area contributed by atoms with Gasteiger partial charge >= 0.3 is 0 Å². The molecule has 1 aliphatic heterocycles. The van der Waals surface area contributed by atoms with Crippen molar-refractivity contribution >= 4 is 11.8 Å². The Bertz CT molecular complexity index is 312. The fraction of sp³-hybridized carbons (Fsp3) is 0.600. The fourth-order valence-electron chi connectivity index (χ4n) is 2.46. The van der Waals surface area contributed by atoms with Gasteiger partial charge in [-0.15, -0.1) is 11.8 Å². The molecule has 17 heavy (non-hydrogen) atoms. The minimum atomic E-state index is 1.13. The molecule has 0 bridgehead atoms. The van der Waals surface area contributed by atoms with Crippen LogP contribution < -0.4 is 0 Å². The van der Waals surface area contributed by atoms with E-state index in [0.29, 0.717) is 0 Å². The van der Waals surface area contributed by atoms with E-state index < -0.39 is 0 Å². The largest absolute Gasteiger partial charge is 0.299 e. The lowest BCUT2D eigenvalue weighted by atomic mass is 10.1. The molecular weight excluding hydrogens is 226 g/mol. The van der Waals surface area contributed by atoms with Crippen molar-refractivity contribution in [2.75, 3.05) is 19.3 Å². The van der Waals surface area contributed by atoms with Crippen LogP contribution in [0.3, 0.4) is 0 Å². The molecule has 0 amide bonds. The van der Waals surface area contributed by atoms with Gasteiger partial charge < -0.3 is 0 Å². The topological polar surface area (TPSA) is 3.24 Å². The Morgan fingerprint density at radius 1 is 0.941 bits per heavy atom. The van der Waals surface area contributed by atoms with E-state index in [-0.39, 0.29) is 0 Å². The molecule has 0 saturated carbocycles. The van der Waals surface area contributed by atoms with E-state index in [1.165, 1.54) is 55.7 Å². The van der Waals surface area contributed by atoms with Crippen LogP contribution in [0.2, 0.25) is 0 Å². The Labute approximate surface area is 110 Å². The summed E-state index contributed by atoms with van der Waals surface area (Å²) in [4.78, 5) is 3.98. The summed E-state index contributed by atoms with van der Waals surface area (Å²) < 4.78 is 0. The lowest BCUT2D eigenvalue weighted by Gasteiger charge is -2.24. The number of nitrogens with zero attached hydrogens (tertiary/aromatic N) is 1. The quantitative estimate of drug-likeness (QED) is 0.740. The van der Waals surface area contributed by atoms with Crippen molar-refractivity contribution in [3.63, 3.8) is 0 Å². The Hall–Kier alpha value is -0.470. The molecule has 0 N–H and O–H groups in total. The minimum absolute atomic E-state index is 1.13. The minimum Gasteiger partial charge on any atom is -0.299 e. The van der Waals surface area contributed by atoms with Gasteiger partial charge in [-0.1, -0.05) is 31.4 Å². The van der Waals surface area contributed by atoms with Crippen LogP contribution >= 0.6 is 11.8 Å². The van der Waals surface area contributed by atoms with Crippen molar-refractivity contribution in [3.05, 3.63) is 29.8 Å². The summed E-state index contributed by atoms with van der Waals surface area (Å²) in [5, 5.41) is 0. The normalized spacial score (nSPS) is 18.6. The van der Waals surface area contributed by atoms with Crippen LogP contribution in [0, 0.1) is 0 Å². The van der Waals surface area contributed by atoms with Gasteiger partial charge in [0.2, 0.25) is 0 Å². The number of hydrogen-bond acceptors (Lipinski definition) is 2. The van der Waals surface area contributed by atoms with Gasteiger partial charge in [-0.2, -0.15) is 0 Å². The SMILES string of the molecule is CSc1ccc(CN2CCCCCCC2)cc1. The fourth-order valence-corrected chi connectivity index (χ4v) is 2.87. The Morgan fingerprint density at radius 2 is 1.53 bits per heavy atom. The summed E-state index contributed by atoms with van der Waals surface area (Å²) in [6.07, 6.45) is 9.17. The van der Waals surface area contributed by atoms with Crippen LogP contribution in [0.1, 0.15) is 37.7 Å². The van der Waals surface area contributed by atoms with Gasteiger partial charge in [0.1, 0.15) is 0 Å². The standard InChI is InChI=1S/C15H23NS/c1-17-15-9-7-14(8-10-15)13-16-11-5-3-2-4-6-12-16/h7-10H,2-6,11-13H2,1H3. The third-order valence-electron chi connectivity index (χ3n) is 3.51. The average Bonchev–Trinajstić information content (AvgIpc) is 2.33. The zero-order valence-electron chi connectivity index (χ0n) is 10.8. The molecule has 2 heteroatoms. The molecule has 0 spiro atoms. The first-order valence-corrected chi connectivity index (χ1v) is 7.96. The lowest BCUT2D eigenvalue weighted by molar-refractivity contribution is 0.240. The van der Waals surface area contributed by atoms with Gasteiger partial charge in [-0.05, 0) is 49.9 Å². The summed E-state index contributed by atoms with van der Waals surface area (Å²) in [5.74, 6) is 0. The van der Waals surface area contributed by atoms with E-state index in [4.69, 9.17) is 0 Å². The molecule has 1 saturated heterocycles. The molecule has 1 nitrogen and oxygen atoms in total. The monoisotopic (exact) mass is 249 g/mol. The third kappa shape index (κ3) is 4.36. The number of benzene rings is 1. The molecule has 1 heterocycles. The highest BCUT2D eigenvalue weighted by molar-refractivity contribution is 7.98. The maximum absolute atomic E-state index is 2.62. The van der Waals surface area contributed by atoms with E-state index in [9.17, 15) is 0 Å². The van der Waals surface area contributed by atoms with Gasteiger partial charge in [0.25, 0.3) is 0 Å². The van der Waals surface area contributed by atoms with Crippen LogP contribution in [0.4, 0.5) is 0 Å². The van der Waals surface area contributed by atoms with Gasteiger partial charge in [-0.25, -0.2) is 0 Å². The van der Waals surface area contributed by atoms with Crippen molar-refractivity contribution in [2.24, 2.45) is 0 Å². The van der Waals surface area contributed by atoms with Crippen LogP contribution in [0.25, 0.3) is 0 Å². The molecular formula is C15H23NS. The van der Waals surface area contributed by atoms with Crippen LogP contribution in [-0.2, 0) is 6.54 Å². The first-order chi connectivity index (χ1) is 8.38. The van der Waals surface area contributed by atoms with E-state index in [1.54, 1.807) is 0 Å². The first-order valence-electron chi connectivity index (χ1n) is 6.74. The third-order valence-corrected chi connectivity index (χ3v) is 4.26. The number of hydrogen-bond donors (Lipinski definition) is 0. The molecule has 2 rings (SSSR count). The Balaban J connectivity index is 1.88. The summed E-state index contributed by atoms with van der Waals surface area (Å²) >= 11 is 1.82. The van der Waals surface area contributed by atoms with Crippen molar-refractivity contribution < 1.29 is 0 Å². The van der Waals surface area contributed by atoms with E-state index in [1.807, 2.05) is 11.8 Å². The molecule has 0 unspecified atom stereocenters. The van der Waals surface area contributed by atoms with Crippen molar-refractivity contribution in [2.45, 2.75) is 43.5 Å². The molecule has 1 aliphatic rings. The van der Waals surface area contributed by atoms with E-state index in [0.717, 1.165) is 6.54 Å². The molecule has 0 aliphatic carbocycles. The first kappa shape index (κ1) is 13.0. The number of likely N-dealkylation sites (tertiary alicyclic amines) is 1. The average molecular weight is 249 g/mol. The predicted octanol–water partition coefficient (Wildman–Crippen LogP) is 4.17. The van der Waals surface area contributed by atoms with Crippen molar-refractivity contribution in [1.82, 2.24) is 4.90 Å². The van der Waals surface area contributed by atoms with E-state index >= 15 is 0 Å². The van der Waals surface area contributed by atoms with Gasteiger partial charge in [0.15, 0.2) is 0 Å².